The first kappa shape index (κ1) is 17.0. The summed E-state index contributed by atoms with van der Waals surface area (Å²) in [5, 5.41) is -0.189. The molecule has 0 aliphatic carbocycles. The second kappa shape index (κ2) is 6.99. The zero-order valence-electron chi connectivity index (χ0n) is 13.3. The van der Waals surface area contributed by atoms with Gasteiger partial charge in [0.15, 0.2) is 0 Å². The van der Waals surface area contributed by atoms with E-state index in [1.54, 1.807) is 0 Å². The first-order valence-electron chi connectivity index (χ1n) is 7.95. The van der Waals surface area contributed by atoms with Crippen molar-refractivity contribution in [3.63, 3.8) is 0 Å². The molecule has 2 aromatic rings. The first-order valence-corrected chi connectivity index (χ1v) is 8.33. The van der Waals surface area contributed by atoms with Gasteiger partial charge in [0.1, 0.15) is 17.5 Å². The fourth-order valence-electron chi connectivity index (χ4n) is 2.97. The third kappa shape index (κ3) is 3.35. The topological polar surface area (TPSA) is 49.0 Å². The number of aromatic nitrogens is 2. The Bertz CT molecular complexity index is 822. The van der Waals surface area contributed by atoms with Gasteiger partial charge in [-0.2, -0.15) is 0 Å². The number of aryl methyl sites for hydroxylation is 1. The molecule has 0 atom stereocenters. The van der Waals surface area contributed by atoms with Gasteiger partial charge in [-0.25, -0.2) is 13.8 Å². The van der Waals surface area contributed by atoms with Crippen LogP contribution in [0.4, 0.5) is 8.78 Å². The van der Waals surface area contributed by atoms with Crippen molar-refractivity contribution in [2.24, 2.45) is 0 Å². The highest BCUT2D eigenvalue weighted by molar-refractivity contribution is 6.31. The molecule has 1 aromatic heterocycles. The maximum Gasteiger partial charge on any atom is 0.254 e. The van der Waals surface area contributed by atoms with Gasteiger partial charge in [0.25, 0.3) is 5.56 Å². The van der Waals surface area contributed by atoms with Crippen LogP contribution < -0.4 is 5.56 Å². The minimum atomic E-state index is -0.634. The predicted molar refractivity (Wildman–Crippen MR) is 88.0 cm³/mol. The highest BCUT2D eigenvalue weighted by atomic mass is 35.5. The Kier molecular flexibility index (Phi) is 4.96. The first-order chi connectivity index (χ1) is 11.5. The molecule has 0 saturated heterocycles. The number of nitrogens with zero attached hydrogens (tertiary/aromatic N) is 2. The molecule has 4 nitrogen and oxygen atoms in total. The largest absolute Gasteiger partial charge is 0.310 e. The van der Waals surface area contributed by atoms with Crippen molar-refractivity contribution in [3.05, 3.63) is 61.8 Å². The fourth-order valence-corrected chi connectivity index (χ4v) is 3.19. The van der Waals surface area contributed by atoms with Crippen LogP contribution in [-0.4, -0.2) is 21.4 Å². The van der Waals surface area contributed by atoms with E-state index in [4.69, 9.17) is 11.6 Å². The van der Waals surface area contributed by atoms with Crippen LogP contribution in [0.3, 0.4) is 0 Å². The number of hydrogen-bond acceptors (Lipinski definition) is 3. The van der Waals surface area contributed by atoms with Gasteiger partial charge in [0, 0.05) is 37.2 Å². The third-order valence-electron chi connectivity index (χ3n) is 4.21. The molecule has 0 unspecified atom stereocenters. The molecule has 0 spiro atoms. The zero-order valence-corrected chi connectivity index (χ0v) is 14.1. The van der Waals surface area contributed by atoms with Gasteiger partial charge in [0.05, 0.1) is 10.7 Å². The van der Waals surface area contributed by atoms with Crippen molar-refractivity contribution >= 4 is 11.6 Å². The summed E-state index contributed by atoms with van der Waals surface area (Å²) in [7, 11) is 0. The van der Waals surface area contributed by atoms with Gasteiger partial charge in [0.2, 0.25) is 0 Å². The lowest BCUT2D eigenvalue weighted by Gasteiger charge is -2.28. The van der Waals surface area contributed by atoms with Crippen molar-refractivity contribution < 1.29 is 8.78 Å². The quantitative estimate of drug-likeness (QED) is 0.859. The molecule has 128 valence electrons. The summed E-state index contributed by atoms with van der Waals surface area (Å²) in [5.41, 5.74) is 1.43. The summed E-state index contributed by atoms with van der Waals surface area (Å²) >= 11 is 5.90. The van der Waals surface area contributed by atoms with E-state index >= 15 is 0 Å². The summed E-state index contributed by atoms with van der Waals surface area (Å²) in [6, 6.07) is 2.10. The van der Waals surface area contributed by atoms with Crippen molar-refractivity contribution in [2.45, 2.75) is 39.3 Å². The molecule has 0 saturated carbocycles. The monoisotopic (exact) mass is 353 g/mol. The molecule has 1 aromatic carbocycles. The summed E-state index contributed by atoms with van der Waals surface area (Å²) in [6.07, 6.45) is 2.11. The summed E-state index contributed by atoms with van der Waals surface area (Å²) in [5.74, 6) is -0.499. The van der Waals surface area contributed by atoms with E-state index in [-0.39, 0.29) is 22.7 Å². The van der Waals surface area contributed by atoms with Crippen LogP contribution in [0.2, 0.25) is 5.02 Å². The molecular weight excluding hydrogens is 336 g/mol. The lowest BCUT2D eigenvalue weighted by molar-refractivity contribution is 0.236. The lowest BCUT2D eigenvalue weighted by Crippen LogP contribution is -2.35. The summed E-state index contributed by atoms with van der Waals surface area (Å²) in [4.78, 5) is 21.4. The maximum absolute atomic E-state index is 14.0. The Balaban J connectivity index is 1.85. The van der Waals surface area contributed by atoms with Crippen LogP contribution in [-0.2, 0) is 25.9 Å². The van der Waals surface area contributed by atoms with Crippen molar-refractivity contribution in [2.75, 3.05) is 6.54 Å². The Labute approximate surface area is 143 Å². The van der Waals surface area contributed by atoms with Gasteiger partial charge in [-0.15, -0.1) is 0 Å². The van der Waals surface area contributed by atoms with E-state index in [9.17, 15) is 13.6 Å². The molecular formula is C17H18ClF2N3O. The van der Waals surface area contributed by atoms with Crippen molar-refractivity contribution in [1.29, 1.82) is 0 Å². The van der Waals surface area contributed by atoms with Crippen LogP contribution >= 0.6 is 11.6 Å². The number of H-pyrrole nitrogens is 1. The maximum atomic E-state index is 14.0. The molecule has 0 fully saturated rings. The number of fused-ring (bicyclic) bond motifs is 1. The second-order valence-corrected chi connectivity index (χ2v) is 6.35. The standard InChI is InChI=1S/C17H18ClF2N3O/c1-2-3-15-21-14-9-23(7-6-10(14)17(24)22-15)8-11-12(19)4-5-13(20)16(11)18/h4-5H,2-3,6-9H2,1H3,(H,21,22,24). The molecule has 0 radical (unpaired) electrons. The average Bonchev–Trinajstić information content (AvgIpc) is 2.55. The number of benzene rings is 1. The normalized spacial score (nSPS) is 14.7. The van der Waals surface area contributed by atoms with Crippen LogP contribution in [0, 0.1) is 11.6 Å². The third-order valence-corrected chi connectivity index (χ3v) is 4.62. The van der Waals surface area contributed by atoms with E-state index in [0.29, 0.717) is 43.0 Å². The second-order valence-electron chi connectivity index (χ2n) is 5.97. The summed E-state index contributed by atoms with van der Waals surface area (Å²) in [6.45, 7) is 3.18. The molecule has 1 aliphatic heterocycles. The zero-order chi connectivity index (χ0) is 17.3. The molecule has 2 heterocycles. The predicted octanol–water partition coefficient (Wildman–Crippen LogP) is 3.21. The summed E-state index contributed by atoms with van der Waals surface area (Å²) < 4.78 is 27.5. The molecule has 0 amide bonds. The van der Waals surface area contributed by atoms with Crippen molar-refractivity contribution in [3.8, 4) is 0 Å². The molecule has 1 N–H and O–H groups in total. The van der Waals surface area contributed by atoms with Crippen molar-refractivity contribution in [1.82, 2.24) is 14.9 Å². The molecule has 7 heteroatoms. The van der Waals surface area contributed by atoms with E-state index in [2.05, 4.69) is 9.97 Å². The van der Waals surface area contributed by atoms with Gasteiger partial charge < -0.3 is 4.98 Å². The Morgan fingerprint density at radius 1 is 1.33 bits per heavy atom. The van der Waals surface area contributed by atoms with Gasteiger partial charge in [-0.1, -0.05) is 18.5 Å². The van der Waals surface area contributed by atoms with Crippen LogP contribution in [0.1, 0.15) is 36.0 Å². The number of aromatic amines is 1. The average molecular weight is 354 g/mol. The SMILES string of the molecule is CCCc1nc2c(c(=O)[nH]1)CCN(Cc1c(F)ccc(F)c1Cl)C2. The van der Waals surface area contributed by atoms with E-state index < -0.39 is 11.6 Å². The number of rotatable bonds is 4. The van der Waals surface area contributed by atoms with Crippen LogP contribution in [0.25, 0.3) is 0 Å². The Hall–Kier alpha value is -1.79. The smallest absolute Gasteiger partial charge is 0.254 e. The Morgan fingerprint density at radius 2 is 2.08 bits per heavy atom. The molecule has 0 bridgehead atoms. The number of hydrogen-bond donors (Lipinski definition) is 1. The van der Waals surface area contributed by atoms with Gasteiger partial charge >= 0.3 is 0 Å². The van der Waals surface area contributed by atoms with Crippen LogP contribution in [0.15, 0.2) is 16.9 Å². The number of nitrogens with one attached hydrogen (secondary N) is 1. The minimum absolute atomic E-state index is 0.0990. The van der Waals surface area contributed by atoms with Crippen LogP contribution in [0.5, 0.6) is 0 Å². The molecule has 3 rings (SSSR count). The Morgan fingerprint density at radius 3 is 2.83 bits per heavy atom. The minimum Gasteiger partial charge on any atom is -0.310 e. The van der Waals surface area contributed by atoms with E-state index in [0.717, 1.165) is 18.6 Å². The van der Waals surface area contributed by atoms with E-state index in [1.807, 2.05) is 11.8 Å². The van der Waals surface area contributed by atoms with Gasteiger partial charge in [-0.3, -0.25) is 9.69 Å². The molecule has 24 heavy (non-hydrogen) atoms. The number of halogens is 3. The van der Waals surface area contributed by atoms with Gasteiger partial charge in [-0.05, 0) is 25.0 Å². The molecule has 1 aliphatic rings. The highest BCUT2D eigenvalue weighted by Gasteiger charge is 2.23. The fraction of sp³-hybridized carbons (Fsp3) is 0.412. The lowest BCUT2D eigenvalue weighted by atomic mass is 10.0. The highest BCUT2D eigenvalue weighted by Crippen LogP contribution is 2.26. The van der Waals surface area contributed by atoms with E-state index in [1.165, 1.54) is 0 Å².